The standard InChI is InChI=1S/C11H22/c1-8(2)11-6-5-9(3)7-10(11)4/h8-11H,5-7H2,1-4H3/t9?,10-,11?/m0/s1. The van der Waals surface area contributed by atoms with Crippen molar-refractivity contribution in [2.75, 3.05) is 0 Å². The lowest BCUT2D eigenvalue weighted by atomic mass is 9.71. The molecule has 1 saturated carbocycles. The van der Waals surface area contributed by atoms with Gasteiger partial charge in [-0.1, -0.05) is 34.1 Å². The van der Waals surface area contributed by atoms with Crippen LogP contribution in [0.5, 0.6) is 0 Å². The smallest absolute Gasteiger partial charge is 0.0365 e. The van der Waals surface area contributed by atoms with Gasteiger partial charge in [-0.05, 0) is 36.5 Å². The van der Waals surface area contributed by atoms with Crippen molar-refractivity contribution >= 4 is 0 Å². The molecule has 0 aromatic heterocycles. The topological polar surface area (TPSA) is 0 Å². The van der Waals surface area contributed by atoms with E-state index in [1.54, 1.807) is 0 Å². The Morgan fingerprint density at radius 2 is 1.73 bits per heavy atom. The molecule has 1 fully saturated rings. The first-order valence-electron chi connectivity index (χ1n) is 5.11. The third-order valence-electron chi connectivity index (χ3n) is 3.35. The highest BCUT2D eigenvalue weighted by Crippen LogP contribution is 2.37. The number of rotatable bonds is 1. The van der Waals surface area contributed by atoms with Crippen molar-refractivity contribution in [3.05, 3.63) is 0 Å². The molecule has 0 amide bonds. The average molecular weight is 154 g/mol. The lowest BCUT2D eigenvalue weighted by Gasteiger charge is -2.35. The maximum absolute atomic E-state index is 2.43. The van der Waals surface area contributed by atoms with Crippen LogP contribution < -0.4 is 0 Å². The summed E-state index contributed by atoms with van der Waals surface area (Å²) in [5, 5.41) is 0. The molecule has 0 spiro atoms. The monoisotopic (exact) mass is 154 g/mol. The van der Waals surface area contributed by atoms with Crippen LogP contribution in [-0.4, -0.2) is 0 Å². The summed E-state index contributed by atoms with van der Waals surface area (Å²) in [7, 11) is 0. The molecule has 0 aromatic carbocycles. The van der Waals surface area contributed by atoms with Gasteiger partial charge < -0.3 is 0 Å². The normalized spacial score (nSPS) is 39.5. The van der Waals surface area contributed by atoms with Gasteiger partial charge in [0.05, 0.1) is 0 Å². The van der Waals surface area contributed by atoms with Crippen LogP contribution >= 0.6 is 0 Å². The Morgan fingerprint density at radius 1 is 1.09 bits per heavy atom. The van der Waals surface area contributed by atoms with Gasteiger partial charge in [0, 0.05) is 0 Å². The molecule has 0 saturated heterocycles. The van der Waals surface area contributed by atoms with E-state index in [4.69, 9.17) is 0 Å². The third kappa shape index (κ3) is 2.21. The SMILES string of the molecule is CC1CCC(C(C)C)[C@@H](C)C1. The van der Waals surface area contributed by atoms with E-state index in [2.05, 4.69) is 27.7 Å². The second-order valence-electron chi connectivity index (χ2n) is 4.80. The van der Waals surface area contributed by atoms with Crippen LogP contribution in [-0.2, 0) is 0 Å². The van der Waals surface area contributed by atoms with E-state index in [-0.39, 0.29) is 0 Å². The molecule has 3 atom stereocenters. The Balaban J connectivity index is 2.44. The van der Waals surface area contributed by atoms with Gasteiger partial charge in [0.25, 0.3) is 0 Å². The fourth-order valence-corrected chi connectivity index (χ4v) is 2.68. The zero-order valence-corrected chi connectivity index (χ0v) is 8.43. The van der Waals surface area contributed by atoms with Crippen molar-refractivity contribution in [1.29, 1.82) is 0 Å². The fraction of sp³-hybridized carbons (Fsp3) is 1.00. The van der Waals surface area contributed by atoms with Gasteiger partial charge in [-0.15, -0.1) is 0 Å². The molecule has 0 aromatic rings. The summed E-state index contributed by atoms with van der Waals surface area (Å²) in [5.74, 6) is 3.86. The lowest BCUT2D eigenvalue weighted by Crippen LogP contribution is -2.25. The van der Waals surface area contributed by atoms with Gasteiger partial charge in [0.2, 0.25) is 0 Å². The first-order chi connectivity index (χ1) is 5.11. The van der Waals surface area contributed by atoms with Crippen molar-refractivity contribution in [2.24, 2.45) is 23.7 Å². The van der Waals surface area contributed by atoms with Crippen molar-refractivity contribution in [3.8, 4) is 0 Å². The first kappa shape index (κ1) is 9.09. The molecule has 11 heavy (non-hydrogen) atoms. The highest BCUT2D eigenvalue weighted by Gasteiger charge is 2.26. The Kier molecular flexibility index (Phi) is 2.98. The average Bonchev–Trinajstić information content (AvgIpc) is 1.85. The summed E-state index contributed by atoms with van der Waals surface area (Å²) in [6.07, 6.45) is 4.40. The Bertz CT molecular complexity index is 115. The Morgan fingerprint density at radius 3 is 2.18 bits per heavy atom. The molecular formula is C11H22. The molecule has 0 bridgehead atoms. The lowest BCUT2D eigenvalue weighted by molar-refractivity contribution is 0.158. The highest BCUT2D eigenvalue weighted by molar-refractivity contribution is 4.77. The zero-order valence-electron chi connectivity index (χ0n) is 8.43. The maximum Gasteiger partial charge on any atom is -0.0365 e. The minimum Gasteiger partial charge on any atom is -0.0625 e. The fourth-order valence-electron chi connectivity index (χ4n) is 2.68. The van der Waals surface area contributed by atoms with Crippen molar-refractivity contribution in [1.82, 2.24) is 0 Å². The molecule has 1 rings (SSSR count). The molecule has 0 N–H and O–H groups in total. The Hall–Kier alpha value is 0. The van der Waals surface area contributed by atoms with Gasteiger partial charge in [-0.3, -0.25) is 0 Å². The number of hydrogen-bond acceptors (Lipinski definition) is 0. The summed E-state index contributed by atoms with van der Waals surface area (Å²) < 4.78 is 0. The van der Waals surface area contributed by atoms with Gasteiger partial charge in [-0.2, -0.15) is 0 Å². The second-order valence-corrected chi connectivity index (χ2v) is 4.80. The van der Waals surface area contributed by atoms with Crippen LogP contribution in [0.2, 0.25) is 0 Å². The molecule has 0 aliphatic heterocycles. The van der Waals surface area contributed by atoms with E-state index in [1.165, 1.54) is 19.3 Å². The van der Waals surface area contributed by atoms with Crippen LogP contribution in [0.25, 0.3) is 0 Å². The van der Waals surface area contributed by atoms with Gasteiger partial charge in [0.15, 0.2) is 0 Å². The summed E-state index contributed by atoms with van der Waals surface area (Å²) in [6, 6.07) is 0. The molecule has 0 radical (unpaired) electrons. The molecule has 0 nitrogen and oxygen atoms in total. The molecule has 0 heterocycles. The molecule has 66 valence electrons. The van der Waals surface area contributed by atoms with E-state index in [0.717, 1.165) is 23.7 Å². The molecule has 1 aliphatic rings. The van der Waals surface area contributed by atoms with E-state index >= 15 is 0 Å². The second kappa shape index (κ2) is 3.60. The minimum atomic E-state index is 0.900. The first-order valence-corrected chi connectivity index (χ1v) is 5.11. The maximum atomic E-state index is 2.43. The van der Waals surface area contributed by atoms with Gasteiger partial charge >= 0.3 is 0 Å². The van der Waals surface area contributed by atoms with E-state index in [0.29, 0.717) is 0 Å². The van der Waals surface area contributed by atoms with Crippen LogP contribution in [0.3, 0.4) is 0 Å². The highest BCUT2D eigenvalue weighted by atomic mass is 14.3. The van der Waals surface area contributed by atoms with Crippen molar-refractivity contribution in [2.45, 2.75) is 47.0 Å². The molecule has 2 unspecified atom stereocenters. The van der Waals surface area contributed by atoms with E-state index in [9.17, 15) is 0 Å². The van der Waals surface area contributed by atoms with Crippen molar-refractivity contribution in [3.63, 3.8) is 0 Å². The summed E-state index contributed by atoms with van der Waals surface area (Å²) in [5.41, 5.74) is 0. The predicted molar refractivity (Wildman–Crippen MR) is 50.5 cm³/mol. The number of hydrogen-bond donors (Lipinski definition) is 0. The van der Waals surface area contributed by atoms with Crippen LogP contribution in [0.4, 0.5) is 0 Å². The summed E-state index contributed by atoms with van der Waals surface area (Å²) >= 11 is 0. The van der Waals surface area contributed by atoms with Crippen LogP contribution in [0.1, 0.15) is 47.0 Å². The Labute approximate surface area is 71.4 Å². The predicted octanol–water partition coefficient (Wildman–Crippen LogP) is 3.71. The summed E-state index contributed by atoms with van der Waals surface area (Å²) in [4.78, 5) is 0. The zero-order chi connectivity index (χ0) is 8.43. The quantitative estimate of drug-likeness (QED) is 0.540. The third-order valence-corrected chi connectivity index (χ3v) is 3.35. The van der Waals surface area contributed by atoms with Gasteiger partial charge in [0.1, 0.15) is 0 Å². The van der Waals surface area contributed by atoms with E-state index < -0.39 is 0 Å². The molecular weight excluding hydrogens is 132 g/mol. The minimum absolute atomic E-state index is 0.900. The molecule has 0 heteroatoms. The van der Waals surface area contributed by atoms with Gasteiger partial charge in [-0.25, -0.2) is 0 Å². The van der Waals surface area contributed by atoms with Crippen LogP contribution in [0, 0.1) is 23.7 Å². The van der Waals surface area contributed by atoms with E-state index in [1.807, 2.05) is 0 Å². The summed E-state index contributed by atoms with van der Waals surface area (Å²) in [6.45, 7) is 9.57. The largest absolute Gasteiger partial charge is 0.0625 e. The van der Waals surface area contributed by atoms with Crippen LogP contribution in [0.15, 0.2) is 0 Å². The molecule has 1 aliphatic carbocycles. The van der Waals surface area contributed by atoms with Crippen molar-refractivity contribution < 1.29 is 0 Å².